The highest BCUT2D eigenvalue weighted by atomic mass is 16.7. The number of ether oxygens (including phenoxy) is 5. The molecule has 0 atom stereocenters. The number of esters is 1. The average molecular weight is 600 g/mol. The summed E-state index contributed by atoms with van der Waals surface area (Å²) in [5.74, 6) is 3.12. The Morgan fingerprint density at radius 2 is 1.80 bits per heavy atom. The molecule has 0 aliphatic carbocycles. The van der Waals surface area contributed by atoms with Gasteiger partial charge in [-0.15, -0.1) is 0 Å². The van der Waals surface area contributed by atoms with Crippen LogP contribution in [0.3, 0.4) is 0 Å². The molecular weight excluding hydrogens is 558 g/mol. The van der Waals surface area contributed by atoms with E-state index >= 15 is 0 Å². The van der Waals surface area contributed by atoms with Crippen molar-refractivity contribution in [1.29, 1.82) is 0 Å². The maximum Gasteiger partial charge on any atom is 0.359 e. The number of imidazole rings is 1. The summed E-state index contributed by atoms with van der Waals surface area (Å²) < 4.78 is 30.3. The summed E-state index contributed by atoms with van der Waals surface area (Å²) in [6.45, 7) is 14.7. The molecule has 2 aliphatic rings. The summed E-state index contributed by atoms with van der Waals surface area (Å²) in [6, 6.07) is 15.9. The van der Waals surface area contributed by atoms with E-state index in [1.165, 1.54) is 0 Å². The topological polar surface area (TPSA) is 84.3 Å². The van der Waals surface area contributed by atoms with Crippen LogP contribution in [0.4, 0.5) is 0 Å². The van der Waals surface area contributed by atoms with Gasteiger partial charge >= 0.3 is 5.97 Å². The second kappa shape index (κ2) is 14.3. The van der Waals surface area contributed by atoms with E-state index in [9.17, 15) is 4.79 Å². The third-order valence-corrected chi connectivity index (χ3v) is 7.29. The number of benzene rings is 2. The van der Waals surface area contributed by atoms with Crippen LogP contribution >= 0.6 is 0 Å². The molecular formula is C35H41N3O6. The highest BCUT2D eigenvalue weighted by Crippen LogP contribution is 2.33. The number of unbranched alkanes of at least 4 members (excludes halogenated alkanes) is 1. The van der Waals surface area contributed by atoms with E-state index in [4.69, 9.17) is 28.7 Å². The van der Waals surface area contributed by atoms with Gasteiger partial charge in [0.2, 0.25) is 13.6 Å². The van der Waals surface area contributed by atoms with Gasteiger partial charge in [0, 0.05) is 31.7 Å². The smallest absolute Gasteiger partial charge is 0.359 e. The largest absolute Gasteiger partial charge is 0.458 e. The van der Waals surface area contributed by atoms with Crippen molar-refractivity contribution in [3.05, 3.63) is 101 Å². The van der Waals surface area contributed by atoms with Crippen molar-refractivity contribution in [2.24, 2.45) is 0 Å². The second-order valence-corrected chi connectivity index (χ2v) is 11.1. The Bertz CT molecular complexity index is 1540. The van der Waals surface area contributed by atoms with Gasteiger partial charge in [0.25, 0.3) is 0 Å². The molecule has 0 radical (unpaired) electrons. The lowest BCUT2D eigenvalue weighted by atomic mass is 10.1. The van der Waals surface area contributed by atoms with Gasteiger partial charge in [-0.05, 0) is 62.6 Å². The minimum Gasteiger partial charge on any atom is -0.458 e. The molecule has 1 aromatic heterocycles. The predicted octanol–water partition coefficient (Wildman–Crippen LogP) is 6.99. The first-order valence-corrected chi connectivity index (χ1v) is 15.1. The van der Waals surface area contributed by atoms with Gasteiger partial charge in [-0.3, -0.25) is 4.90 Å². The third kappa shape index (κ3) is 7.34. The Labute approximate surface area is 259 Å². The van der Waals surface area contributed by atoms with E-state index in [1.54, 1.807) is 0 Å². The first-order chi connectivity index (χ1) is 21.4. The van der Waals surface area contributed by atoms with Gasteiger partial charge in [-0.2, -0.15) is 0 Å². The van der Waals surface area contributed by atoms with Gasteiger partial charge in [-0.25, -0.2) is 9.78 Å². The van der Waals surface area contributed by atoms with Crippen LogP contribution in [0.5, 0.6) is 11.5 Å². The summed E-state index contributed by atoms with van der Waals surface area (Å²) in [4.78, 5) is 20.7. The molecule has 0 saturated carbocycles. The fourth-order valence-electron chi connectivity index (χ4n) is 5.28. The summed E-state index contributed by atoms with van der Waals surface area (Å²) in [7, 11) is 0. The number of hydrogen-bond acceptors (Lipinski definition) is 8. The number of carbonyl (C=O) groups excluding carboxylic acids is 1. The molecule has 232 valence electrons. The van der Waals surface area contributed by atoms with Gasteiger partial charge in [0.1, 0.15) is 5.82 Å². The molecule has 44 heavy (non-hydrogen) atoms. The van der Waals surface area contributed by atoms with Gasteiger partial charge in [0.05, 0.1) is 11.8 Å². The predicted molar refractivity (Wildman–Crippen MR) is 168 cm³/mol. The monoisotopic (exact) mass is 599 g/mol. The molecule has 1 fully saturated rings. The van der Waals surface area contributed by atoms with E-state index in [-0.39, 0.29) is 19.7 Å². The first-order valence-electron chi connectivity index (χ1n) is 15.1. The van der Waals surface area contributed by atoms with Crippen molar-refractivity contribution in [3.63, 3.8) is 0 Å². The molecule has 9 nitrogen and oxygen atoms in total. The summed E-state index contributed by atoms with van der Waals surface area (Å²) in [5, 5.41) is 0. The number of aromatic nitrogens is 2. The summed E-state index contributed by atoms with van der Waals surface area (Å²) in [6.07, 6.45) is 5.44. The van der Waals surface area contributed by atoms with E-state index in [0.29, 0.717) is 36.8 Å². The van der Waals surface area contributed by atoms with Crippen LogP contribution in [-0.4, -0.2) is 46.7 Å². The number of hydrogen-bond donors (Lipinski definition) is 0. The van der Waals surface area contributed by atoms with E-state index in [1.807, 2.05) is 81.5 Å². The van der Waals surface area contributed by atoms with Crippen molar-refractivity contribution in [3.8, 4) is 22.9 Å². The van der Waals surface area contributed by atoms with Gasteiger partial charge in [-0.1, -0.05) is 56.3 Å². The molecule has 0 spiro atoms. The van der Waals surface area contributed by atoms with Crippen LogP contribution in [-0.2, 0) is 33.8 Å². The zero-order valence-electron chi connectivity index (χ0n) is 26.0. The van der Waals surface area contributed by atoms with Crippen molar-refractivity contribution in [2.75, 3.05) is 20.1 Å². The number of fused-ring (bicyclic) bond motifs is 1. The lowest BCUT2D eigenvalue weighted by Gasteiger charge is -2.25. The molecule has 2 aromatic carbocycles. The lowest BCUT2D eigenvalue weighted by molar-refractivity contribution is 0.0368. The summed E-state index contributed by atoms with van der Waals surface area (Å²) >= 11 is 0. The average Bonchev–Trinajstić information content (AvgIpc) is 3.74. The van der Waals surface area contributed by atoms with Gasteiger partial charge in [0.15, 0.2) is 28.7 Å². The van der Waals surface area contributed by atoms with Crippen molar-refractivity contribution >= 4 is 5.97 Å². The number of carbonyl (C=O) groups is 1. The molecule has 0 bridgehead atoms. The highest BCUT2D eigenvalue weighted by molar-refractivity contribution is 5.89. The van der Waals surface area contributed by atoms with Crippen LogP contribution in [0.25, 0.3) is 11.4 Å². The van der Waals surface area contributed by atoms with Crippen LogP contribution in [0, 0.1) is 0 Å². The Kier molecular flexibility index (Phi) is 10.1. The molecule has 5 rings (SSSR count). The molecule has 3 heterocycles. The normalized spacial score (nSPS) is 15.7. The van der Waals surface area contributed by atoms with Crippen molar-refractivity contribution in [1.82, 2.24) is 14.5 Å². The zero-order valence-corrected chi connectivity index (χ0v) is 26.0. The maximum absolute atomic E-state index is 13.5. The highest BCUT2D eigenvalue weighted by Gasteiger charge is 2.27. The van der Waals surface area contributed by atoms with E-state index < -0.39 is 5.97 Å². The van der Waals surface area contributed by atoms with E-state index in [0.717, 1.165) is 59.1 Å². The Balaban J connectivity index is 1.55. The quantitative estimate of drug-likeness (QED) is 0.194. The number of rotatable bonds is 13. The van der Waals surface area contributed by atoms with Crippen LogP contribution in [0.2, 0.25) is 0 Å². The van der Waals surface area contributed by atoms with E-state index in [2.05, 4.69) is 23.0 Å². The minimum atomic E-state index is -0.430. The Morgan fingerprint density at radius 3 is 2.55 bits per heavy atom. The molecule has 2 aliphatic heterocycles. The Morgan fingerprint density at radius 1 is 1.05 bits per heavy atom. The summed E-state index contributed by atoms with van der Waals surface area (Å²) in [5.41, 5.74) is 3.95. The maximum atomic E-state index is 13.5. The lowest BCUT2D eigenvalue weighted by Crippen LogP contribution is -2.28. The number of allylic oxidation sites excluding steroid dienone is 1. The fourth-order valence-corrected chi connectivity index (χ4v) is 5.28. The molecule has 1 saturated heterocycles. The molecule has 0 N–H and O–H groups in total. The van der Waals surface area contributed by atoms with Crippen LogP contribution < -0.4 is 9.47 Å². The van der Waals surface area contributed by atoms with Crippen molar-refractivity contribution in [2.45, 2.75) is 66.3 Å². The molecule has 3 aromatic rings. The standard InChI is InChI=1S/C35H41N3O6/c1-6-8-16-38-28(33(35(39)44-24(3)4)36-34(38)27-12-10-9-11-13-27)21-37(19-25(5)17-31-29(7-2)40-22-42-31)20-26-14-15-30-32(18-26)43-23-41-30/h7,9-15,17-18,24H,5-6,8,16,19-23H2,1-4H3/b29-7+,31-17+. The SMILES string of the molecule is C=C(/C=C1/OCO/C1=C/C)CN(Cc1ccc2c(c1)OCO2)Cc1c(C(=O)OC(C)C)nc(-c2ccccc2)n1CCCC. The molecule has 0 unspecified atom stereocenters. The zero-order chi connectivity index (χ0) is 31.1. The first kappa shape index (κ1) is 30.9. The number of nitrogens with zero attached hydrogens (tertiary/aromatic N) is 3. The third-order valence-electron chi connectivity index (χ3n) is 7.29. The van der Waals surface area contributed by atoms with Crippen LogP contribution in [0.15, 0.2) is 84.4 Å². The molecule has 0 amide bonds. The second-order valence-electron chi connectivity index (χ2n) is 11.1. The minimum absolute atomic E-state index is 0.180. The Hall–Kier alpha value is -4.50. The van der Waals surface area contributed by atoms with Crippen molar-refractivity contribution < 1.29 is 28.5 Å². The molecule has 9 heteroatoms. The van der Waals surface area contributed by atoms with Crippen LogP contribution in [0.1, 0.15) is 62.3 Å². The van der Waals surface area contributed by atoms with Gasteiger partial charge < -0.3 is 28.3 Å². The fraction of sp³-hybridized carbons (Fsp3) is 0.371.